The second-order valence-corrected chi connectivity index (χ2v) is 7.33. The molecule has 0 bridgehead atoms. The molecule has 1 fully saturated rings. The third-order valence-electron chi connectivity index (χ3n) is 2.84. The number of hydrogen-bond acceptors (Lipinski definition) is 7. The molecule has 2 aromatic heterocycles. The standard InChI is InChI=1S/C13H11N3OS3/c1-2-9-15-16-13(20-9)10-11(17)8(19-12(10)14)6-7-4-3-5-18-7/h3-6,10,14H,2H2,1H3. The molecule has 1 atom stereocenters. The van der Waals surface area contributed by atoms with Gasteiger partial charge in [-0.3, -0.25) is 10.2 Å². The van der Waals surface area contributed by atoms with Crippen LogP contribution in [-0.4, -0.2) is 21.0 Å². The fraction of sp³-hybridized carbons (Fsp3) is 0.231. The molecule has 4 nitrogen and oxygen atoms in total. The summed E-state index contributed by atoms with van der Waals surface area (Å²) < 4.78 is 0. The third kappa shape index (κ3) is 2.48. The average molecular weight is 321 g/mol. The van der Waals surface area contributed by atoms with E-state index in [-0.39, 0.29) is 5.78 Å². The summed E-state index contributed by atoms with van der Waals surface area (Å²) in [7, 11) is 0. The normalized spacial score (nSPS) is 21.1. The van der Waals surface area contributed by atoms with Crippen molar-refractivity contribution in [2.75, 3.05) is 0 Å². The van der Waals surface area contributed by atoms with E-state index >= 15 is 0 Å². The number of Topliss-reactive ketones (excluding diaryl/α,β-unsaturated/α-hetero) is 1. The molecule has 0 radical (unpaired) electrons. The molecule has 0 amide bonds. The van der Waals surface area contributed by atoms with Crippen LogP contribution in [0.5, 0.6) is 0 Å². The van der Waals surface area contributed by atoms with Crippen molar-refractivity contribution in [1.82, 2.24) is 10.2 Å². The van der Waals surface area contributed by atoms with E-state index < -0.39 is 5.92 Å². The summed E-state index contributed by atoms with van der Waals surface area (Å²) >= 11 is 4.24. The molecule has 1 N–H and O–H groups in total. The number of nitrogens with zero attached hydrogens (tertiary/aromatic N) is 2. The summed E-state index contributed by atoms with van der Waals surface area (Å²) in [5, 5.41) is 20.0. The fourth-order valence-electron chi connectivity index (χ4n) is 1.84. The first kappa shape index (κ1) is 13.7. The van der Waals surface area contributed by atoms with Crippen LogP contribution in [0, 0.1) is 5.41 Å². The molecule has 1 saturated heterocycles. The maximum Gasteiger partial charge on any atom is 0.186 e. The van der Waals surface area contributed by atoms with Gasteiger partial charge in [0.1, 0.15) is 15.9 Å². The van der Waals surface area contributed by atoms with E-state index in [0.29, 0.717) is 15.0 Å². The minimum absolute atomic E-state index is 0.0350. The zero-order valence-electron chi connectivity index (χ0n) is 10.6. The minimum atomic E-state index is -0.552. The Hall–Kier alpha value is -1.31. The van der Waals surface area contributed by atoms with Gasteiger partial charge in [0.25, 0.3) is 0 Å². The van der Waals surface area contributed by atoms with Crippen LogP contribution in [0.4, 0.5) is 0 Å². The van der Waals surface area contributed by atoms with Gasteiger partial charge in [0.05, 0.1) is 9.95 Å². The first-order chi connectivity index (χ1) is 9.69. The molecule has 20 heavy (non-hydrogen) atoms. The molecule has 1 unspecified atom stereocenters. The Balaban J connectivity index is 1.91. The van der Waals surface area contributed by atoms with Crippen molar-refractivity contribution in [1.29, 1.82) is 5.41 Å². The molecule has 7 heteroatoms. The number of carbonyl (C=O) groups excluding carboxylic acids is 1. The Morgan fingerprint density at radius 2 is 2.30 bits per heavy atom. The molecule has 0 spiro atoms. The van der Waals surface area contributed by atoms with E-state index in [9.17, 15) is 4.79 Å². The van der Waals surface area contributed by atoms with Crippen LogP contribution in [0.2, 0.25) is 0 Å². The zero-order chi connectivity index (χ0) is 14.1. The van der Waals surface area contributed by atoms with Gasteiger partial charge in [0.2, 0.25) is 0 Å². The first-order valence-electron chi connectivity index (χ1n) is 6.07. The number of nitrogens with one attached hydrogen (secondary N) is 1. The number of aromatic nitrogens is 2. The quantitative estimate of drug-likeness (QED) is 0.878. The summed E-state index contributed by atoms with van der Waals surface area (Å²) in [6.07, 6.45) is 2.66. The van der Waals surface area contributed by atoms with E-state index in [1.807, 2.05) is 30.5 Å². The highest BCUT2D eigenvalue weighted by Gasteiger charge is 2.39. The third-order valence-corrected chi connectivity index (χ3v) is 5.78. The van der Waals surface area contributed by atoms with Gasteiger partial charge >= 0.3 is 0 Å². The Morgan fingerprint density at radius 3 is 2.95 bits per heavy atom. The topological polar surface area (TPSA) is 66.7 Å². The van der Waals surface area contributed by atoms with Gasteiger partial charge in [0.15, 0.2) is 5.78 Å². The van der Waals surface area contributed by atoms with Crippen molar-refractivity contribution in [2.24, 2.45) is 0 Å². The number of carbonyl (C=O) groups is 1. The number of rotatable bonds is 3. The van der Waals surface area contributed by atoms with Gasteiger partial charge in [-0.2, -0.15) is 0 Å². The number of aryl methyl sites for hydroxylation is 1. The molecule has 102 valence electrons. The molecule has 2 aromatic rings. The molecule has 1 aliphatic rings. The van der Waals surface area contributed by atoms with Crippen molar-refractivity contribution >= 4 is 51.3 Å². The van der Waals surface area contributed by atoms with Gasteiger partial charge in [-0.15, -0.1) is 32.9 Å². The predicted molar refractivity (Wildman–Crippen MR) is 84.6 cm³/mol. The summed E-state index contributed by atoms with van der Waals surface area (Å²) in [6, 6.07) is 3.91. The van der Waals surface area contributed by atoms with Gasteiger partial charge in [0, 0.05) is 4.88 Å². The number of thioether (sulfide) groups is 1. The maximum atomic E-state index is 12.5. The summed E-state index contributed by atoms with van der Waals surface area (Å²) in [4.78, 5) is 14.1. The molecule has 3 rings (SSSR count). The Morgan fingerprint density at radius 1 is 1.45 bits per heavy atom. The van der Waals surface area contributed by atoms with Gasteiger partial charge in [-0.25, -0.2) is 0 Å². The second-order valence-electron chi connectivity index (χ2n) is 4.18. The molecule has 0 saturated carbocycles. The van der Waals surface area contributed by atoms with Crippen LogP contribution < -0.4 is 0 Å². The highest BCUT2D eigenvalue weighted by Crippen LogP contribution is 2.41. The van der Waals surface area contributed by atoms with Crippen molar-refractivity contribution < 1.29 is 4.79 Å². The average Bonchev–Trinajstić information content (AvgIpc) is 3.13. The number of allylic oxidation sites excluding steroid dienone is 1. The van der Waals surface area contributed by atoms with Crippen molar-refractivity contribution in [2.45, 2.75) is 19.3 Å². The largest absolute Gasteiger partial charge is 0.297 e. The Bertz CT molecular complexity index is 688. The molecular formula is C13H11N3OS3. The van der Waals surface area contributed by atoms with Crippen LogP contribution in [0.15, 0.2) is 22.4 Å². The molecule has 0 aliphatic carbocycles. The highest BCUT2D eigenvalue weighted by atomic mass is 32.2. The molecule has 3 heterocycles. The smallest absolute Gasteiger partial charge is 0.186 e. The first-order valence-corrected chi connectivity index (χ1v) is 8.58. The SMILES string of the molecule is CCc1nnc(C2C(=N)SC(=Cc3cccs3)C2=O)s1. The fourth-order valence-corrected chi connectivity index (χ4v) is 4.52. The van der Waals surface area contributed by atoms with Crippen LogP contribution in [0.1, 0.15) is 27.7 Å². The second kappa shape index (κ2) is 5.59. The lowest BCUT2D eigenvalue weighted by molar-refractivity contribution is -0.114. The maximum absolute atomic E-state index is 12.5. The van der Waals surface area contributed by atoms with Gasteiger partial charge in [-0.05, 0) is 23.9 Å². The van der Waals surface area contributed by atoms with Crippen molar-refractivity contribution in [3.63, 3.8) is 0 Å². The Labute approximate surface area is 128 Å². The van der Waals surface area contributed by atoms with Crippen molar-refractivity contribution in [3.8, 4) is 0 Å². The van der Waals surface area contributed by atoms with E-state index in [1.165, 1.54) is 23.1 Å². The van der Waals surface area contributed by atoms with Gasteiger partial charge < -0.3 is 0 Å². The summed E-state index contributed by atoms with van der Waals surface area (Å²) in [6.45, 7) is 2.00. The highest BCUT2D eigenvalue weighted by molar-refractivity contribution is 8.19. The number of ketones is 1. The van der Waals surface area contributed by atoms with Gasteiger partial charge in [-0.1, -0.05) is 24.8 Å². The number of hydrogen-bond donors (Lipinski definition) is 1. The summed E-state index contributed by atoms with van der Waals surface area (Å²) in [5.74, 6) is -0.587. The van der Waals surface area contributed by atoms with Crippen LogP contribution >= 0.6 is 34.4 Å². The van der Waals surface area contributed by atoms with Crippen LogP contribution in [0.25, 0.3) is 6.08 Å². The lowest BCUT2D eigenvalue weighted by Gasteiger charge is -2.00. The van der Waals surface area contributed by atoms with Crippen LogP contribution in [0.3, 0.4) is 0 Å². The lowest BCUT2D eigenvalue weighted by Crippen LogP contribution is -2.11. The van der Waals surface area contributed by atoms with Crippen molar-refractivity contribution in [3.05, 3.63) is 37.3 Å². The number of thiophene rings is 1. The zero-order valence-corrected chi connectivity index (χ0v) is 13.1. The Kier molecular flexibility index (Phi) is 3.82. The molecular weight excluding hydrogens is 310 g/mol. The summed E-state index contributed by atoms with van der Waals surface area (Å²) in [5.41, 5.74) is 0. The van der Waals surface area contributed by atoms with Crippen LogP contribution in [-0.2, 0) is 11.2 Å². The predicted octanol–water partition coefficient (Wildman–Crippen LogP) is 3.58. The molecule has 0 aromatic carbocycles. The van der Waals surface area contributed by atoms with E-state index in [0.717, 1.165) is 16.3 Å². The monoisotopic (exact) mass is 321 g/mol. The van der Waals surface area contributed by atoms with E-state index in [4.69, 9.17) is 5.41 Å². The van der Waals surface area contributed by atoms with E-state index in [1.54, 1.807) is 11.3 Å². The van der Waals surface area contributed by atoms with E-state index in [2.05, 4.69) is 10.2 Å². The molecule has 1 aliphatic heterocycles. The minimum Gasteiger partial charge on any atom is -0.297 e. The lowest BCUT2D eigenvalue weighted by atomic mass is 10.1.